The Morgan fingerprint density at radius 3 is 2.91 bits per heavy atom. The van der Waals surface area contributed by atoms with Crippen LogP contribution in [0.3, 0.4) is 0 Å². The SMILES string of the molecule is C/N=C(C)\C=C(\C)N/N=C\CCNC(C)/C=C\C1CC=C(C)N1. The van der Waals surface area contributed by atoms with Crippen molar-refractivity contribution in [3.63, 3.8) is 0 Å². The molecule has 0 aromatic heterocycles. The molecule has 0 fully saturated rings. The van der Waals surface area contributed by atoms with Crippen molar-refractivity contribution in [2.45, 2.75) is 52.6 Å². The lowest BCUT2D eigenvalue weighted by molar-refractivity contribution is 0.638. The minimum atomic E-state index is 0.365. The standard InChI is InChI=1S/C18H31N5/c1-14(7-9-18-10-8-15(2)22-18)20-11-6-12-21-23-17(4)13-16(3)19-5/h7-9,12-14,18,20,22-23H,6,10-11H2,1-5H3/b9-7-,17-13-,19-16-,21-12-. The van der Waals surface area contributed by atoms with Gasteiger partial charge >= 0.3 is 0 Å². The van der Waals surface area contributed by atoms with E-state index in [0.717, 1.165) is 30.8 Å². The zero-order valence-corrected chi connectivity index (χ0v) is 15.1. The van der Waals surface area contributed by atoms with E-state index in [2.05, 4.69) is 58.2 Å². The highest BCUT2D eigenvalue weighted by atomic mass is 15.3. The number of aliphatic imine (C=N–C) groups is 1. The van der Waals surface area contributed by atoms with Gasteiger partial charge in [0.05, 0.1) is 0 Å². The second kappa shape index (κ2) is 10.8. The van der Waals surface area contributed by atoms with Crippen molar-refractivity contribution in [3.05, 3.63) is 35.7 Å². The lowest BCUT2D eigenvalue weighted by Crippen LogP contribution is -2.26. The molecule has 1 aliphatic rings. The number of nitrogens with one attached hydrogen (secondary N) is 3. The lowest BCUT2D eigenvalue weighted by atomic mass is 10.2. The molecule has 23 heavy (non-hydrogen) atoms. The minimum Gasteiger partial charge on any atom is -0.382 e. The van der Waals surface area contributed by atoms with E-state index in [0.29, 0.717) is 12.1 Å². The minimum absolute atomic E-state index is 0.365. The van der Waals surface area contributed by atoms with Gasteiger partial charge in [0.25, 0.3) is 0 Å². The van der Waals surface area contributed by atoms with E-state index in [1.165, 1.54) is 5.70 Å². The van der Waals surface area contributed by atoms with Crippen molar-refractivity contribution in [3.8, 4) is 0 Å². The predicted molar refractivity (Wildman–Crippen MR) is 101 cm³/mol. The van der Waals surface area contributed by atoms with Crippen molar-refractivity contribution >= 4 is 11.9 Å². The summed E-state index contributed by atoms with van der Waals surface area (Å²) in [5.41, 5.74) is 6.24. The second-order valence-electron chi connectivity index (χ2n) is 5.91. The number of allylic oxidation sites excluding steroid dienone is 3. The Bertz CT molecular complexity index is 500. The average molecular weight is 317 g/mol. The van der Waals surface area contributed by atoms with Crippen molar-refractivity contribution in [1.29, 1.82) is 0 Å². The van der Waals surface area contributed by atoms with Gasteiger partial charge in [-0.3, -0.25) is 10.4 Å². The number of rotatable bonds is 9. The summed E-state index contributed by atoms with van der Waals surface area (Å²) in [7, 11) is 1.78. The number of hydrogen-bond acceptors (Lipinski definition) is 5. The molecule has 128 valence electrons. The second-order valence-corrected chi connectivity index (χ2v) is 5.91. The summed E-state index contributed by atoms with van der Waals surface area (Å²) in [5.74, 6) is 0. The zero-order chi connectivity index (χ0) is 17.1. The molecule has 0 aliphatic carbocycles. The third-order valence-corrected chi connectivity index (χ3v) is 3.57. The van der Waals surface area contributed by atoms with E-state index in [9.17, 15) is 0 Å². The van der Waals surface area contributed by atoms with Gasteiger partial charge in [-0.2, -0.15) is 5.10 Å². The van der Waals surface area contributed by atoms with Crippen LogP contribution in [0, 0.1) is 0 Å². The number of hydrazone groups is 1. The Morgan fingerprint density at radius 2 is 2.26 bits per heavy atom. The predicted octanol–water partition coefficient (Wildman–Crippen LogP) is 2.75. The summed E-state index contributed by atoms with van der Waals surface area (Å²) < 4.78 is 0. The van der Waals surface area contributed by atoms with Crippen LogP contribution in [-0.2, 0) is 0 Å². The quantitative estimate of drug-likeness (QED) is 0.265. The van der Waals surface area contributed by atoms with Crippen molar-refractivity contribution in [2.24, 2.45) is 10.1 Å². The number of hydrogen-bond donors (Lipinski definition) is 3. The molecule has 0 amide bonds. The van der Waals surface area contributed by atoms with Crippen LogP contribution >= 0.6 is 0 Å². The fourth-order valence-electron chi connectivity index (χ4n) is 2.21. The fourth-order valence-corrected chi connectivity index (χ4v) is 2.21. The number of nitrogens with zero attached hydrogens (tertiary/aromatic N) is 2. The molecule has 0 spiro atoms. The molecule has 1 rings (SSSR count). The van der Waals surface area contributed by atoms with E-state index in [4.69, 9.17) is 0 Å². The van der Waals surface area contributed by atoms with Crippen LogP contribution in [0.1, 0.15) is 40.5 Å². The lowest BCUT2D eigenvalue weighted by Gasteiger charge is -2.11. The van der Waals surface area contributed by atoms with Gasteiger partial charge in [-0.25, -0.2) is 0 Å². The normalized spacial score (nSPS) is 20.9. The zero-order valence-electron chi connectivity index (χ0n) is 15.1. The van der Waals surface area contributed by atoms with Gasteiger partial charge in [0.15, 0.2) is 0 Å². The summed E-state index contributed by atoms with van der Waals surface area (Å²) in [6.45, 7) is 9.12. The van der Waals surface area contributed by atoms with Gasteiger partial charge in [0.2, 0.25) is 0 Å². The maximum atomic E-state index is 4.20. The van der Waals surface area contributed by atoms with Gasteiger partial charge in [-0.05, 0) is 46.6 Å². The average Bonchev–Trinajstić information content (AvgIpc) is 2.94. The summed E-state index contributed by atoms with van der Waals surface area (Å²) in [4.78, 5) is 4.08. The van der Waals surface area contributed by atoms with Crippen LogP contribution in [0.5, 0.6) is 0 Å². The van der Waals surface area contributed by atoms with Crippen molar-refractivity contribution in [2.75, 3.05) is 13.6 Å². The monoisotopic (exact) mass is 317 g/mol. The molecule has 0 saturated heterocycles. The summed E-state index contributed by atoms with van der Waals surface area (Å²) >= 11 is 0. The van der Waals surface area contributed by atoms with Gasteiger partial charge < -0.3 is 10.6 Å². The van der Waals surface area contributed by atoms with Gasteiger partial charge in [-0.15, -0.1) is 0 Å². The van der Waals surface area contributed by atoms with E-state index < -0.39 is 0 Å². The van der Waals surface area contributed by atoms with Gasteiger partial charge in [0.1, 0.15) is 0 Å². The molecule has 3 N–H and O–H groups in total. The van der Waals surface area contributed by atoms with E-state index in [1.807, 2.05) is 26.1 Å². The van der Waals surface area contributed by atoms with Crippen LogP contribution in [0.15, 0.2) is 45.8 Å². The van der Waals surface area contributed by atoms with E-state index >= 15 is 0 Å². The molecule has 1 aliphatic heterocycles. The Hall–Kier alpha value is -1.88. The Kier molecular flexibility index (Phi) is 8.98. The highest BCUT2D eigenvalue weighted by molar-refractivity contribution is 5.93. The first kappa shape index (κ1) is 19.2. The molecule has 0 bridgehead atoms. The van der Waals surface area contributed by atoms with Gasteiger partial charge in [-0.1, -0.05) is 18.2 Å². The Balaban J connectivity index is 2.13. The molecular formula is C18H31N5. The molecule has 0 aromatic carbocycles. The fraction of sp³-hybridized carbons (Fsp3) is 0.556. The van der Waals surface area contributed by atoms with Crippen molar-refractivity contribution in [1.82, 2.24) is 16.1 Å². The first-order chi connectivity index (χ1) is 11.0. The van der Waals surface area contributed by atoms with Crippen molar-refractivity contribution < 1.29 is 0 Å². The topological polar surface area (TPSA) is 60.8 Å². The molecule has 0 saturated carbocycles. The molecule has 2 atom stereocenters. The highest BCUT2D eigenvalue weighted by Crippen LogP contribution is 2.09. The molecule has 0 aromatic rings. The molecule has 2 unspecified atom stereocenters. The summed E-state index contributed by atoms with van der Waals surface area (Å²) in [6.07, 6.45) is 12.5. The smallest absolute Gasteiger partial charge is 0.0477 e. The molecule has 0 radical (unpaired) electrons. The largest absolute Gasteiger partial charge is 0.382 e. The van der Waals surface area contributed by atoms with Crippen LogP contribution in [-0.4, -0.2) is 37.6 Å². The van der Waals surface area contributed by atoms with E-state index in [1.54, 1.807) is 7.05 Å². The summed E-state index contributed by atoms with van der Waals surface area (Å²) in [5, 5.41) is 11.1. The highest BCUT2D eigenvalue weighted by Gasteiger charge is 2.09. The maximum Gasteiger partial charge on any atom is 0.0477 e. The van der Waals surface area contributed by atoms with Crippen LogP contribution < -0.4 is 16.1 Å². The van der Waals surface area contributed by atoms with Crippen LogP contribution in [0.4, 0.5) is 0 Å². The molecule has 1 heterocycles. The molecular weight excluding hydrogens is 286 g/mol. The first-order valence-corrected chi connectivity index (χ1v) is 8.25. The third-order valence-electron chi connectivity index (χ3n) is 3.57. The Labute approximate surface area is 140 Å². The molecule has 5 heteroatoms. The van der Waals surface area contributed by atoms with E-state index in [-0.39, 0.29) is 0 Å². The Morgan fingerprint density at radius 1 is 1.48 bits per heavy atom. The van der Waals surface area contributed by atoms with Gasteiger partial charge in [0, 0.05) is 49.0 Å². The summed E-state index contributed by atoms with van der Waals surface area (Å²) in [6, 6.07) is 0.819. The third kappa shape index (κ3) is 8.98. The van der Waals surface area contributed by atoms with Crippen LogP contribution in [0.2, 0.25) is 0 Å². The molecule has 5 nitrogen and oxygen atoms in total. The maximum absolute atomic E-state index is 4.20. The first-order valence-electron chi connectivity index (χ1n) is 8.25. The van der Waals surface area contributed by atoms with Crippen LogP contribution in [0.25, 0.3) is 0 Å².